The van der Waals surface area contributed by atoms with Gasteiger partial charge in [0.1, 0.15) is 5.82 Å². The molecule has 7 nitrogen and oxygen atoms in total. The predicted molar refractivity (Wildman–Crippen MR) is 151 cm³/mol. The Morgan fingerprint density at radius 1 is 1.11 bits per heavy atom. The smallest absolute Gasteiger partial charge is 0.131 e. The zero-order valence-electron chi connectivity index (χ0n) is 22.3. The van der Waals surface area contributed by atoms with E-state index in [2.05, 4.69) is 68.6 Å². The fraction of sp³-hybridized carbons (Fsp3) is 0.333. The van der Waals surface area contributed by atoms with Crippen molar-refractivity contribution in [2.75, 3.05) is 57.1 Å². The van der Waals surface area contributed by atoms with Gasteiger partial charge in [-0.25, -0.2) is 4.39 Å². The number of hydrogen-bond acceptors (Lipinski definition) is 6. The van der Waals surface area contributed by atoms with Crippen LogP contribution in [0.25, 0.3) is 33.3 Å². The minimum absolute atomic E-state index is 0.326. The number of piperazine rings is 1. The molecule has 0 aliphatic carbocycles. The average Bonchev–Trinajstić information content (AvgIpc) is 3.30. The number of halogens is 1. The van der Waals surface area contributed by atoms with E-state index in [9.17, 15) is 5.26 Å². The molecule has 0 amide bonds. The average molecular weight is 510 g/mol. The highest BCUT2D eigenvalue weighted by Crippen LogP contribution is 2.41. The van der Waals surface area contributed by atoms with Crippen LogP contribution in [0.15, 0.2) is 42.5 Å². The Labute approximate surface area is 222 Å². The van der Waals surface area contributed by atoms with Crippen molar-refractivity contribution in [3.63, 3.8) is 0 Å². The number of aryl methyl sites for hydroxylation is 1. The van der Waals surface area contributed by atoms with Crippen LogP contribution in [0.2, 0.25) is 0 Å². The van der Waals surface area contributed by atoms with E-state index in [-0.39, 0.29) is 5.82 Å². The molecule has 3 aromatic carbocycles. The van der Waals surface area contributed by atoms with Gasteiger partial charge in [0.25, 0.3) is 0 Å². The van der Waals surface area contributed by atoms with Gasteiger partial charge in [0.2, 0.25) is 0 Å². The molecule has 1 fully saturated rings. The van der Waals surface area contributed by atoms with Crippen LogP contribution < -0.4 is 15.1 Å². The van der Waals surface area contributed by atoms with Crippen molar-refractivity contribution in [1.29, 1.82) is 5.26 Å². The summed E-state index contributed by atoms with van der Waals surface area (Å²) in [5.74, 6) is -0.326. The lowest BCUT2D eigenvalue weighted by molar-refractivity contribution is 0.265. The molecule has 3 heterocycles. The third-order valence-electron chi connectivity index (χ3n) is 7.96. The third kappa shape index (κ3) is 3.99. The van der Waals surface area contributed by atoms with E-state index in [1.165, 1.54) is 11.4 Å². The van der Waals surface area contributed by atoms with E-state index in [0.29, 0.717) is 29.3 Å². The lowest BCUT2D eigenvalue weighted by atomic mass is 9.92. The van der Waals surface area contributed by atoms with Gasteiger partial charge in [0.15, 0.2) is 0 Å². The molecule has 2 aliphatic rings. The molecule has 194 valence electrons. The van der Waals surface area contributed by atoms with Crippen LogP contribution in [0.5, 0.6) is 0 Å². The Kier molecular flexibility index (Phi) is 6.05. The summed E-state index contributed by atoms with van der Waals surface area (Å²) in [6.45, 7) is 6.58. The fourth-order valence-electron chi connectivity index (χ4n) is 6.16. The molecule has 0 bridgehead atoms. The SMILES string of the molecule is CNCc1cc(C)c(-c2cc3c(-c4ccc5c(c4)N(C)CC4CN(C)CCN54)n[nH]c3cc2C#N)c(F)c1. The zero-order valence-corrected chi connectivity index (χ0v) is 22.3. The van der Waals surface area contributed by atoms with Crippen molar-refractivity contribution >= 4 is 22.3 Å². The van der Waals surface area contributed by atoms with Gasteiger partial charge in [0.05, 0.1) is 40.3 Å². The van der Waals surface area contributed by atoms with Gasteiger partial charge in [-0.2, -0.15) is 10.4 Å². The van der Waals surface area contributed by atoms with Crippen LogP contribution in [-0.4, -0.2) is 68.5 Å². The number of nitrogens with one attached hydrogen (secondary N) is 2. The number of aromatic nitrogens is 2. The maximum atomic E-state index is 15.4. The summed E-state index contributed by atoms with van der Waals surface area (Å²) in [5, 5.41) is 21.6. The minimum Gasteiger partial charge on any atom is -0.371 e. The van der Waals surface area contributed by atoms with E-state index < -0.39 is 0 Å². The summed E-state index contributed by atoms with van der Waals surface area (Å²) in [6, 6.07) is 16.5. The highest BCUT2D eigenvalue weighted by Gasteiger charge is 2.33. The molecule has 4 aromatic rings. The van der Waals surface area contributed by atoms with Crippen LogP contribution >= 0.6 is 0 Å². The standard InChI is InChI=1S/C30H32FN7/c1-18-9-19(15-33-2)10-25(31)29(18)23-13-24-26(11-21(23)14-32)34-35-30(24)20-5-6-27-28(12-20)37(4)17-22-16-36(3)7-8-38(22)27/h5-6,9-13,22,33H,7-8,15-17H2,1-4H3,(H,34,35). The summed E-state index contributed by atoms with van der Waals surface area (Å²) in [6.07, 6.45) is 0. The molecule has 0 radical (unpaired) electrons. The van der Waals surface area contributed by atoms with Crippen LogP contribution in [0.3, 0.4) is 0 Å². The monoisotopic (exact) mass is 509 g/mol. The Bertz CT molecular complexity index is 1560. The molecule has 0 spiro atoms. The molecule has 6 rings (SSSR count). The fourth-order valence-corrected chi connectivity index (χ4v) is 6.16. The Hall–Kier alpha value is -3.93. The first-order valence-electron chi connectivity index (χ1n) is 13.0. The number of nitrogens with zero attached hydrogens (tertiary/aromatic N) is 5. The number of benzene rings is 3. The maximum absolute atomic E-state index is 15.4. The van der Waals surface area contributed by atoms with Crippen LogP contribution in [0, 0.1) is 24.1 Å². The molecule has 38 heavy (non-hydrogen) atoms. The van der Waals surface area contributed by atoms with Crippen LogP contribution in [0.4, 0.5) is 15.8 Å². The second-order valence-corrected chi connectivity index (χ2v) is 10.6. The minimum atomic E-state index is -0.326. The quantitative estimate of drug-likeness (QED) is 0.422. The number of hydrogen-bond donors (Lipinski definition) is 2. The van der Waals surface area contributed by atoms with Crippen molar-refractivity contribution in [1.82, 2.24) is 20.4 Å². The van der Waals surface area contributed by atoms with Gasteiger partial charge >= 0.3 is 0 Å². The summed E-state index contributed by atoms with van der Waals surface area (Å²) in [7, 11) is 6.18. The number of fused-ring (bicyclic) bond motifs is 4. The summed E-state index contributed by atoms with van der Waals surface area (Å²) in [5.41, 5.74) is 8.13. The van der Waals surface area contributed by atoms with E-state index in [1.807, 2.05) is 26.1 Å². The van der Waals surface area contributed by atoms with Crippen molar-refractivity contribution in [3.05, 3.63) is 65.0 Å². The van der Waals surface area contributed by atoms with Gasteiger partial charge in [-0.3, -0.25) is 5.10 Å². The molecule has 1 atom stereocenters. The first-order valence-corrected chi connectivity index (χ1v) is 13.0. The first-order chi connectivity index (χ1) is 18.4. The normalized spacial score (nSPS) is 17.4. The number of likely N-dealkylation sites (N-methyl/N-ethyl adjacent to an activating group) is 2. The Morgan fingerprint density at radius 3 is 2.71 bits per heavy atom. The molecule has 2 N–H and O–H groups in total. The maximum Gasteiger partial charge on any atom is 0.131 e. The van der Waals surface area contributed by atoms with Crippen molar-refractivity contribution < 1.29 is 4.39 Å². The Balaban J connectivity index is 1.46. The number of anilines is 2. The number of aromatic amines is 1. The van der Waals surface area contributed by atoms with Crippen LogP contribution in [-0.2, 0) is 6.54 Å². The predicted octanol–water partition coefficient (Wildman–Crippen LogP) is 4.51. The van der Waals surface area contributed by atoms with E-state index in [0.717, 1.165) is 59.5 Å². The molecular formula is C30H32FN7. The third-order valence-corrected chi connectivity index (χ3v) is 7.96. The van der Waals surface area contributed by atoms with E-state index in [1.54, 1.807) is 12.1 Å². The molecular weight excluding hydrogens is 477 g/mol. The molecule has 2 aliphatic heterocycles. The van der Waals surface area contributed by atoms with Crippen molar-refractivity contribution in [2.45, 2.75) is 19.5 Å². The number of H-pyrrole nitrogens is 1. The lowest BCUT2D eigenvalue weighted by Crippen LogP contribution is -2.58. The van der Waals surface area contributed by atoms with Gasteiger partial charge in [0, 0.05) is 61.8 Å². The first kappa shape index (κ1) is 24.4. The molecule has 1 aromatic heterocycles. The highest BCUT2D eigenvalue weighted by molar-refractivity contribution is 5.98. The van der Waals surface area contributed by atoms with E-state index >= 15 is 4.39 Å². The highest BCUT2D eigenvalue weighted by atomic mass is 19.1. The second-order valence-electron chi connectivity index (χ2n) is 10.6. The Morgan fingerprint density at radius 2 is 1.95 bits per heavy atom. The summed E-state index contributed by atoms with van der Waals surface area (Å²) >= 11 is 0. The van der Waals surface area contributed by atoms with Crippen molar-refractivity contribution in [2.24, 2.45) is 0 Å². The summed E-state index contributed by atoms with van der Waals surface area (Å²) < 4.78 is 15.4. The number of rotatable bonds is 4. The zero-order chi connectivity index (χ0) is 26.6. The van der Waals surface area contributed by atoms with Gasteiger partial charge < -0.3 is 20.0 Å². The second kappa shape index (κ2) is 9.43. The summed E-state index contributed by atoms with van der Waals surface area (Å²) in [4.78, 5) is 7.26. The van der Waals surface area contributed by atoms with E-state index in [4.69, 9.17) is 0 Å². The van der Waals surface area contributed by atoms with Gasteiger partial charge in [-0.05, 0) is 62.5 Å². The van der Waals surface area contributed by atoms with Crippen molar-refractivity contribution in [3.8, 4) is 28.5 Å². The van der Waals surface area contributed by atoms with Crippen LogP contribution in [0.1, 0.15) is 16.7 Å². The molecule has 8 heteroatoms. The lowest BCUT2D eigenvalue weighted by Gasteiger charge is -2.48. The topological polar surface area (TPSA) is 74.2 Å². The van der Waals surface area contributed by atoms with Gasteiger partial charge in [-0.15, -0.1) is 0 Å². The molecule has 1 saturated heterocycles. The number of nitriles is 1. The van der Waals surface area contributed by atoms with Gasteiger partial charge in [-0.1, -0.05) is 12.1 Å². The molecule has 0 saturated carbocycles. The molecule has 1 unspecified atom stereocenters. The largest absolute Gasteiger partial charge is 0.371 e.